The fraction of sp³-hybridized carbons (Fsp3) is 0.500. The van der Waals surface area contributed by atoms with E-state index in [4.69, 9.17) is 23.2 Å². The number of halogens is 2. The van der Waals surface area contributed by atoms with Gasteiger partial charge in [-0.25, -0.2) is 0 Å². The van der Waals surface area contributed by atoms with Crippen LogP contribution in [0.2, 0.25) is 10.0 Å². The Bertz CT molecular complexity index is 650. The largest absolute Gasteiger partial charge is 0.339 e. The van der Waals surface area contributed by atoms with E-state index in [1.54, 1.807) is 17.0 Å². The monoisotopic (exact) mass is 387 g/mol. The molecule has 2 aliphatic heterocycles. The molecule has 0 spiro atoms. The molecule has 1 atom stereocenters. The molecule has 0 aliphatic carbocycles. The van der Waals surface area contributed by atoms with E-state index in [0.29, 0.717) is 28.9 Å². The van der Waals surface area contributed by atoms with Crippen LogP contribution in [-0.4, -0.2) is 72.0 Å². The predicted octanol–water partition coefficient (Wildman–Crippen LogP) is 2.34. The second-order valence-electron chi connectivity index (χ2n) is 6.04. The lowest BCUT2D eigenvalue weighted by Crippen LogP contribution is -2.50. The zero-order valence-corrected chi connectivity index (χ0v) is 15.7. The maximum absolute atomic E-state index is 12.6. The van der Waals surface area contributed by atoms with Gasteiger partial charge in [0, 0.05) is 26.2 Å². The quantitative estimate of drug-likeness (QED) is 0.798. The summed E-state index contributed by atoms with van der Waals surface area (Å²) in [6.07, 6.45) is 0. The number of benzene rings is 1. The lowest BCUT2D eigenvalue weighted by molar-refractivity contribution is -0.140. The Morgan fingerprint density at radius 1 is 1.21 bits per heavy atom. The zero-order chi connectivity index (χ0) is 17.3. The van der Waals surface area contributed by atoms with Gasteiger partial charge < -0.3 is 14.7 Å². The van der Waals surface area contributed by atoms with E-state index in [9.17, 15) is 9.59 Å². The number of thioether (sulfide) groups is 1. The van der Waals surface area contributed by atoms with Crippen molar-refractivity contribution < 1.29 is 9.59 Å². The molecule has 130 valence electrons. The molecule has 0 bridgehead atoms. The Balaban J connectivity index is 1.71. The van der Waals surface area contributed by atoms with E-state index >= 15 is 0 Å². The second-order valence-corrected chi connectivity index (χ2v) is 7.93. The summed E-state index contributed by atoms with van der Waals surface area (Å²) < 4.78 is 0. The lowest BCUT2D eigenvalue weighted by Gasteiger charge is -2.34. The summed E-state index contributed by atoms with van der Waals surface area (Å²) in [5, 5.41) is 0.748. The fourth-order valence-electron chi connectivity index (χ4n) is 2.87. The molecular weight excluding hydrogens is 369 g/mol. The highest BCUT2D eigenvalue weighted by atomic mass is 35.5. The van der Waals surface area contributed by atoms with E-state index in [1.807, 2.05) is 18.0 Å². The number of nitrogens with zero attached hydrogens (tertiary/aromatic N) is 3. The van der Waals surface area contributed by atoms with Gasteiger partial charge in [-0.3, -0.25) is 9.59 Å². The summed E-state index contributed by atoms with van der Waals surface area (Å²) in [6.45, 7) is 3.26. The van der Waals surface area contributed by atoms with Gasteiger partial charge in [0.15, 0.2) is 0 Å². The van der Waals surface area contributed by atoms with Crippen molar-refractivity contribution in [1.29, 1.82) is 0 Å². The highest BCUT2D eigenvalue weighted by molar-refractivity contribution is 8.00. The molecule has 0 saturated carbocycles. The van der Waals surface area contributed by atoms with Crippen LogP contribution in [0, 0.1) is 0 Å². The Labute approximate surface area is 155 Å². The van der Waals surface area contributed by atoms with Gasteiger partial charge in [0.2, 0.25) is 11.8 Å². The maximum atomic E-state index is 12.6. The van der Waals surface area contributed by atoms with Crippen molar-refractivity contribution in [3.8, 4) is 0 Å². The average molecular weight is 388 g/mol. The molecule has 2 aliphatic rings. The lowest BCUT2D eigenvalue weighted by atomic mass is 10.2. The molecule has 2 heterocycles. The molecule has 2 amide bonds. The van der Waals surface area contributed by atoms with Gasteiger partial charge in [-0.1, -0.05) is 29.3 Å². The molecular formula is C16H19Cl2N3O2S. The van der Waals surface area contributed by atoms with Gasteiger partial charge in [0.1, 0.15) is 11.9 Å². The van der Waals surface area contributed by atoms with E-state index in [0.717, 1.165) is 18.7 Å². The number of carbonyl (C=O) groups is 2. The highest BCUT2D eigenvalue weighted by Crippen LogP contribution is 2.40. The first-order chi connectivity index (χ1) is 11.5. The van der Waals surface area contributed by atoms with Crippen molar-refractivity contribution in [2.24, 2.45) is 0 Å². The average Bonchev–Trinajstić information content (AvgIpc) is 2.92. The molecule has 8 heteroatoms. The van der Waals surface area contributed by atoms with Crippen molar-refractivity contribution in [2.45, 2.75) is 5.37 Å². The molecule has 0 N–H and O–H groups in total. The highest BCUT2D eigenvalue weighted by Gasteiger charge is 2.35. The molecule has 5 nitrogen and oxygen atoms in total. The van der Waals surface area contributed by atoms with Crippen LogP contribution < -0.4 is 0 Å². The number of rotatable bonds is 3. The van der Waals surface area contributed by atoms with Crippen LogP contribution in [0.1, 0.15) is 10.9 Å². The van der Waals surface area contributed by atoms with Crippen LogP contribution in [0.3, 0.4) is 0 Å². The molecule has 0 radical (unpaired) electrons. The summed E-state index contributed by atoms with van der Waals surface area (Å²) in [5.41, 5.74) is 0.895. The number of amides is 2. The smallest absolute Gasteiger partial charge is 0.242 e. The van der Waals surface area contributed by atoms with E-state index < -0.39 is 0 Å². The number of hydrogen-bond acceptors (Lipinski definition) is 4. The van der Waals surface area contributed by atoms with Crippen molar-refractivity contribution in [1.82, 2.24) is 14.7 Å². The predicted molar refractivity (Wildman–Crippen MR) is 97.5 cm³/mol. The molecule has 1 aromatic rings. The maximum Gasteiger partial charge on any atom is 0.242 e. The van der Waals surface area contributed by atoms with Crippen molar-refractivity contribution >= 4 is 46.8 Å². The summed E-state index contributed by atoms with van der Waals surface area (Å²) in [4.78, 5) is 30.5. The molecule has 3 rings (SSSR count). The van der Waals surface area contributed by atoms with Crippen LogP contribution in [0.15, 0.2) is 18.2 Å². The Kier molecular flexibility index (Phi) is 5.59. The number of likely N-dealkylation sites (N-methyl/N-ethyl adjacent to an activating group) is 1. The summed E-state index contributed by atoms with van der Waals surface area (Å²) in [5.74, 6) is 0.364. The van der Waals surface area contributed by atoms with E-state index in [2.05, 4.69) is 4.90 Å². The van der Waals surface area contributed by atoms with Crippen molar-refractivity contribution in [3.05, 3.63) is 33.8 Å². The first-order valence-corrected chi connectivity index (χ1v) is 9.58. The van der Waals surface area contributed by atoms with Gasteiger partial charge in [0.05, 0.1) is 15.8 Å². The topological polar surface area (TPSA) is 43.9 Å². The molecule has 0 unspecified atom stereocenters. The summed E-state index contributed by atoms with van der Waals surface area (Å²) in [7, 11) is 2.04. The third-order valence-electron chi connectivity index (χ3n) is 4.36. The Hall–Kier alpha value is -0.950. The minimum atomic E-state index is -0.191. The summed E-state index contributed by atoms with van der Waals surface area (Å²) in [6, 6.07) is 5.36. The van der Waals surface area contributed by atoms with Crippen LogP contribution in [0.25, 0.3) is 0 Å². The third kappa shape index (κ3) is 3.82. The van der Waals surface area contributed by atoms with Crippen LogP contribution in [0.5, 0.6) is 0 Å². The van der Waals surface area contributed by atoms with E-state index in [-0.39, 0.29) is 23.7 Å². The van der Waals surface area contributed by atoms with Crippen LogP contribution in [0.4, 0.5) is 0 Å². The first kappa shape index (κ1) is 17.9. The fourth-order valence-corrected chi connectivity index (χ4v) is 4.35. The minimum absolute atomic E-state index is 0.00371. The van der Waals surface area contributed by atoms with Crippen LogP contribution >= 0.6 is 35.0 Å². The van der Waals surface area contributed by atoms with Crippen molar-refractivity contribution in [3.63, 3.8) is 0 Å². The van der Waals surface area contributed by atoms with E-state index in [1.165, 1.54) is 11.8 Å². The third-order valence-corrected chi connectivity index (χ3v) is 6.35. The number of carbonyl (C=O) groups excluding carboxylic acids is 2. The Morgan fingerprint density at radius 2 is 1.92 bits per heavy atom. The molecule has 0 aromatic heterocycles. The SMILES string of the molecule is CN1CCN(C(=O)CN2C(=O)CS[C@@H]2c2ccc(Cl)c(Cl)c2)CC1. The molecule has 2 saturated heterocycles. The van der Waals surface area contributed by atoms with Gasteiger partial charge >= 0.3 is 0 Å². The standard InChI is InChI=1S/C16H19Cl2N3O2S/c1-19-4-6-20(7-5-19)14(22)9-21-15(23)10-24-16(21)11-2-3-12(17)13(18)8-11/h2-3,8,16H,4-7,9-10H2,1H3/t16-/m1/s1. The summed E-state index contributed by atoms with van der Waals surface area (Å²) >= 11 is 13.6. The van der Waals surface area contributed by atoms with Gasteiger partial charge in [-0.2, -0.15) is 0 Å². The zero-order valence-electron chi connectivity index (χ0n) is 13.4. The van der Waals surface area contributed by atoms with Crippen LogP contribution in [-0.2, 0) is 9.59 Å². The Morgan fingerprint density at radius 3 is 2.58 bits per heavy atom. The molecule has 2 fully saturated rings. The minimum Gasteiger partial charge on any atom is -0.339 e. The first-order valence-electron chi connectivity index (χ1n) is 7.78. The van der Waals surface area contributed by atoms with Gasteiger partial charge in [-0.15, -0.1) is 11.8 Å². The second kappa shape index (κ2) is 7.52. The van der Waals surface area contributed by atoms with Crippen molar-refractivity contribution in [2.75, 3.05) is 45.5 Å². The number of hydrogen-bond donors (Lipinski definition) is 0. The van der Waals surface area contributed by atoms with Gasteiger partial charge in [-0.05, 0) is 24.7 Å². The number of piperazine rings is 1. The molecule has 24 heavy (non-hydrogen) atoms. The molecule has 1 aromatic carbocycles. The normalized spacial score (nSPS) is 22.3. The van der Waals surface area contributed by atoms with Gasteiger partial charge in [0.25, 0.3) is 0 Å².